The van der Waals surface area contributed by atoms with Crippen LogP contribution in [0.4, 0.5) is 0 Å². The van der Waals surface area contributed by atoms with Crippen LogP contribution < -0.4 is 0 Å². The van der Waals surface area contributed by atoms with Crippen LogP contribution in [0.2, 0.25) is 0 Å². The molecular weight excluding hydrogens is 232 g/mol. The molecule has 0 spiro atoms. The minimum atomic E-state index is -1.09. The Labute approximate surface area is 102 Å². The molecule has 0 aliphatic rings. The number of aromatic nitrogens is 2. The zero-order valence-electron chi connectivity index (χ0n) is 9.62. The Morgan fingerprint density at radius 2 is 2.17 bits per heavy atom. The summed E-state index contributed by atoms with van der Waals surface area (Å²) >= 11 is 0. The number of carboxylic acids is 1. The molecule has 5 nitrogen and oxygen atoms in total. The Bertz CT molecular complexity index is 740. The topological polar surface area (TPSA) is 68.3 Å². The Morgan fingerprint density at radius 3 is 2.89 bits per heavy atom. The molecular formula is C13H10N2O3. The van der Waals surface area contributed by atoms with Crippen LogP contribution in [0, 0.1) is 0 Å². The Hall–Kier alpha value is -2.56. The second kappa shape index (κ2) is 3.73. The van der Waals surface area contributed by atoms with Crippen LogP contribution in [-0.2, 0) is 7.05 Å². The van der Waals surface area contributed by atoms with Crippen molar-refractivity contribution in [2.75, 3.05) is 0 Å². The van der Waals surface area contributed by atoms with E-state index in [0.29, 0.717) is 5.76 Å². The third-order valence-corrected chi connectivity index (χ3v) is 2.90. The first-order valence-electron chi connectivity index (χ1n) is 5.40. The zero-order chi connectivity index (χ0) is 12.7. The van der Waals surface area contributed by atoms with Crippen molar-refractivity contribution in [3.63, 3.8) is 0 Å². The van der Waals surface area contributed by atoms with Crippen molar-refractivity contribution in [2.45, 2.75) is 0 Å². The molecule has 3 aromatic rings. The summed E-state index contributed by atoms with van der Waals surface area (Å²) in [6.07, 6.45) is 1.97. The van der Waals surface area contributed by atoms with E-state index >= 15 is 0 Å². The fraction of sp³-hybridized carbons (Fsp3) is 0.0769. The second-order valence-electron chi connectivity index (χ2n) is 4.08. The number of aryl methyl sites for hydroxylation is 1. The maximum atomic E-state index is 10.7. The molecule has 90 valence electrons. The molecule has 18 heavy (non-hydrogen) atoms. The number of nitrogens with zero attached hydrogens (tertiary/aromatic N) is 2. The van der Waals surface area contributed by atoms with Crippen molar-refractivity contribution in [1.82, 2.24) is 9.72 Å². The normalized spacial score (nSPS) is 10.9. The van der Waals surface area contributed by atoms with E-state index in [2.05, 4.69) is 5.16 Å². The summed E-state index contributed by atoms with van der Waals surface area (Å²) in [5.74, 6) is -0.638. The van der Waals surface area contributed by atoms with Gasteiger partial charge in [0.15, 0.2) is 11.5 Å². The van der Waals surface area contributed by atoms with Crippen LogP contribution in [0.25, 0.3) is 22.2 Å². The molecule has 0 fully saturated rings. The first-order valence-corrected chi connectivity index (χ1v) is 5.40. The van der Waals surface area contributed by atoms with Crippen LogP contribution >= 0.6 is 0 Å². The lowest BCUT2D eigenvalue weighted by Crippen LogP contribution is -1.94. The van der Waals surface area contributed by atoms with E-state index in [1.807, 2.05) is 42.1 Å². The van der Waals surface area contributed by atoms with Crippen molar-refractivity contribution in [3.05, 3.63) is 42.2 Å². The van der Waals surface area contributed by atoms with Gasteiger partial charge in [0.2, 0.25) is 0 Å². The van der Waals surface area contributed by atoms with E-state index in [0.717, 1.165) is 16.5 Å². The highest BCUT2D eigenvalue weighted by molar-refractivity contribution is 5.88. The molecule has 0 saturated heterocycles. The number of aromatic carboxylic acids is 1. The Morgan fingerprint density at radius 1 is 1.33 bits per heavy atom. The van der Waals surface area contributed by atoms with Gasteiger partial charge in [-0.3, -0.25) is 0 Å². The highest BCUT2D eigenvalue weighted by atomic mass is 16.5. The predicted molar refractivity (Wildman–Crippen MR) is 65.4 cm³/mol. The van der Waals surface area contributed by atoms with Gasteiger partial charge in [-0.15, -0.1) is 0 Å². The van der Waals surface area contributed by atoms with E-state index in [1.54, 1.807) is 0 Å². The summed E-state index contributed by atoms with van der Waals surface area (Å²) in [7, 11) is 1.95. The number of rotatable bonds is 2. The van der Waals surface area contributed by atoms with Gasteiger partial charge in [-0.25, -0.2) is 4.79 Å². The highest BCUT2D eigenvalue weighted by Crippen LogP contribution is 2.25. The number of fused-ring (bicyclic) bond motifs is 1. The molecule has 0 saturated carbocycles. The third-order valence-electron chi connectivity index (χ3n) is 2.90. The van der Waals surface area contributed by atoms with E-state index in [9.17, 15) is 4.79 Å². The summed E-state index contributed by atoms with van der Waals surface area (Å²) in [5.41, 5.74) is 1.78. The summed E-state index contributed by atoms with van der Waals surface area (Å²) in [6, 6.07) is 9.23. The molecule has 3 rings (SSSR count). The molecule has 0 atom stereocenters. The standard InChI is InChI=1S/C13H10N2O3/c1-15-5-4-8-2-3-9(6-11(8)15)12-7-10(13(16)17)14-18-12/h2-7H,1H3,(H,16,17). The second-order valence-corrected chi connectivity index (χ2v) is 4.08. The van der Waals surface area contributed by atoms with E-state index in [4.69, 9.17) is 9.63 Å². The number of carbonyl (C=O) groups is 1. The van der Waals surface area contributed by atoms with E-state index in [1.165, 1.54) is 6.07 Å². The minimum absolute atomic E-state index is 0.0861. The quantitative estimate of drug-likeness (QED) is 0.749. The van der Waals surface area contributed by atoms with Gasteiger partial charge in [-0.05, 0) is 17.5 Å². The van der Waals surface area contributed by atoms with Gasteiger partial charge in [0.25, 0.3) is 0 Å². The molecule has 5 heteroatoms. The molecule has 2 heterocycles. The van der Waals surface area contributed by atoms with Crippen molar-refractivity contribution in [3.8, 4) is 11.3 Å². The van der Waals surface area contributed by atoms with Crippen molar-refractivity contribution in [2.24, 2.45) is 7.05 Å². The summed E-state index contributed by atoms with van der Waals surface area (Å²) in [6.45, 7) is 0. The fourth-order valence-electron chi connectivity index (χ4n) is 1.93. The molecule has 1 aromatic carbocycles. The molecule has 1 N–H and O–H groups in total. The zero-order valence-corrected chi connectivity index (χ0v) is 9.62. The number of carboxylic acid groups (broad SMARTS) is 1. The largest absolute Gasteiger partial charge is 0.476 e. The smallest absolute Gasteiger partial charge is 0.358 e. The number of hydrogen-bond donors (Lipinski definition) is 1. The van der Waals surface area contributed by atoms with Crippen molar-refractivity contribution >= 4 is 16.9 Å². The predicted octanol–water partition coefficient (Wildman–Crippen LogP) is 2.53. The van der Waals surface area contributed by atoms with Gasteiger partial charge < -0.3 is 14.2 Å². The molecule has 0 aliphatic carbocycles. The molecule has 0 radical (unpaired) electrons. The lowest BCUT2D eigenvalue weighted by molar-refractivity contribution is 0.0686. The lowest BCUT2D eigenvalue weighted by atomic mass is 10.1. The molecule has 0 bridgehead atoms. The molecule has 0 unspecified atom stereocenters. The van der Waals surface area contributed by atoms with Crippen LogP contribution in [0.3, 0.4) is 0 Å². The van der Waals surface area contributed by atoms with Crippen molar-refractivity contribution < 1.29 is 14.4 Å². The summed E-state index contributed by atoms with van der Waals surface area (Å²) in [4.78, 5) is 10.7. The molecule has 0 amide bonds. The summed E-state index contributed by atoms with van der Waals surface area (Å²) < 4.78 is 7.03. The minimum Gasteiger partial charge on any atom is -0.476 e. The summed E-state index contributed by atoms with van der Waals surface area (Å²) in [5, 5.41) is 13.4. The molecule has 2 aromatic heterocycles. The number of benzene rings is 1. The van der Waals surface area contributed by atoms with Gasteiger partial charge in [0.1, 0.15) is 0 Å². The van der Waals surface area contributed by atoms with Gasteiger partial charge in [-0.2, -0.15) is 0 Å². The Balaban J connectivity index is 2.12. The monoisotopic (exact) mass is 242 g/mol. The maximum absolute atomic E-state index is 10.7. The molecule has 0 aliphatic heterocycles. The van der Waals surface area contributed by atoms with E-state index in [-0.39, 0.29) is 5.69 Å². The Kier molecular flexibility index (Phi) is 2.19. The van der Waals surface area contributed by atoms with Gasteiger partial charge in [-0.1, -0.05) is 17.3 Å². The van der Waals surface area contributed by atoms with Gasteiger partial charge in [0, 0.05) is 30.4 Å². The average molecular weight is 242 g/mol. The first kappa shape index (κ1) is 10.6. The van der Waals surface area contributed by atoms with Crippen molar-refractivity contribution in [1.29, 1.82) is 0 Å². The van der Waals surface area contributed by atoms with Gasteiger partial charge >= 0.3 is 5.97 Å². The number of hydrogen-bond acceptors (Lipinski definition) is 3. The van der Waals surface area contributed by atoms with Crippen LogP contribution in [0.5, 0.6) is 0 Å². The lowest BCUT2D eigenvalue weighted by Gasteiger charge is -1.99. The average Bonchev–Trinajstić information content (AvgIpc) is 2.96. The third kappa shape index (κ3) is 1.57. The fourth-order valence-corrected chi connectivity index (χ4v) is 1.93. The SMILES string of the molecule is Cn1ccc2ccc(-c3cc(C(=O)O)no3)cc21. The van der Waals surface area contributed by atoms with Gasteiger partial charge in [0.05, 0.1) is 0 Å². The van der Waals surface area contributed by atoms with E-state index < -0.39 is 5.97 Å². The van der Waals surface area contributed by atoms with Crippen LogP contribution in [-0.4, -0.2) is 20.8 Å². The van der Waals surface area contributed by atoms with Crippen LogP contribution in [0.1, 0.15) is 10.5 Å². The maximum Gasteiger partial charge on any atom is 0.358 e. The first-order chi connectivity index (χ1) is 8.65. The highest BCUT2D eigenvalue weighted by Gasteiger charge is 2.12. The van der Waals surface area contributed by atoms with Crippen LogP contribution in [0.15, 0.2) is 41.1 Å².